The van der Waals surface area contributed by atoms with Gasteiger partial charge in [0.05, 0.1) is 19.6 Å². The molecule has 0 bridgehead atoms. The van der Waals surface area contributed by atoms with Crippen LogP contribution in [-0.4, -0.2) is 53.2 Å². The zero-order valence-electron chi connectivity index (χ0n) is 10.9. The van der Waals surface area contributed by atoms with Crippen LogP contribution in [-0.2, 0) is 9.59 Å². The van der Waals surface area contributed by atoms with Crippen molar-refractivity contribution in [1.29, 1.82) is 0 Å². The Balaban J connectivity index is 2.48. The molecule has 1 amide bonds. The molecule has 7 heteroatoms. The van der Waals surface area contributed by atoms with E-state index in [0.29, 0.717) is 5.69 Å². The van der Waals surface area contributed by atoms with E-state index < -0.39 is 11.8 Å². The molecule has 110 valence electrons. The lowest BCUT2D eigenvalue weighted by molar-refractivity contribution is -0.137. The number of benzene rings is 1. The molecule has 0 heterocycles. The number of nitrogens with one attached hydrogen (secondary N) is 1. The smallest absolute Gasteiger partial charge is 0.304 e. The average Bonchev–Trinajstić information content (AvgIpc) is 2.39. The van der Waals surface area contributed by atoms with E-state index in [2.05, 4.69) is 5.32 Å². The van der Waals surface area contributed by atoms with Gasteiger partial charge in [-0.15, -0.1) is 0 Å². The minimum absolute atomic E-state index is 0.0365. The zero-order valence-corrected chi connectivity index (χ0v) is 10.9. The number of carboxylic acid groups (broad SMARTS) is 1. The number of carboxylic acids is 1. The van der Waals surface area contributed by atoms with E-state index in [0.717, 1.165) is 0 Å². The van der Waals surface area contributed by atoms with Gasteiger partial charge in [0.25, 0.3) is 0 Å². The molecular formula is C13H17FN2O4. The summed E-state index contributed by atoms with van der Waals surface area (Å²) in [6.45, 7) is 0.186. The SMILES string of the molecule is O=C(O)CCN(CCO)CC(=O)Nc1ccc(F)cc1. The van der Waals surface area contributed by atoms with Gasteiger partial charge in [-0.3, -0.25) is 14.5 Å². The Kier molecular flexibility index (Phi) is 6.61. The highest BCUT2D eigenvalue weighted by Gasteiger charge is 2.12. The Labute approximate surface area is 115 Å². The summed E-state index contributed by atoms with van der Waals surface area (Å²) < 4.78 is 12.7. The van der Waals surface area contributed by atoms with E-state index in [1.807, 2.05) is 0 Å². The third-order valence-electron chi connectivity index (χ3n) is 2.55. The van der Waals surface area contributed by atoms with Crippen molar-refractivity contribution in [2.24, 2.45) is 0 Å². The minimum Gasteiger partial charge on any atom is -0.481 e. The number of hydrogen-bond donors (Lipinski definition) is 3. The molecule has 0 radical (unpaired) electrons. The second-order valence-electron chi connectivity index (χ2n) is 4.20. The van der Waals surface area contributed by atoms with E-state index in [4.69, 9.17) is 10.2 Å². The Bertz CT molecular complexity index is 450. The number of carbonyl (C=O) groups is 2. The molecule has 6 nitrogen and oxygen atoms in total. The van der Waals surface area contributed by atoms with Crippen LogP contribution in [0.4, 0.5) is 10.1 Å². The van der Waals surface area contributed by atoms with Crippen LogP contribution in [0.3, 0.4) is 0 Å². The largest absolute Gasteiger partial charge is 0.481 e. The predicted octanol–water partition coefficient (Wildman–Crippen LogP) is 0.533. The fourth-order valence-electron chi connectivity index (χ4n) is 1.60. The van der Waals surface area contributed by atoms with Crippen molar-refractivity contribution >= 4 is 17.6 Å². The first-order valence-corrected chi connectivity index (χ1v) is 6.11. The zero-order chi connectivity index (χ0) is 15.0. The molecule has 0 aromatic heterocycles. The van der Waals surface area contributed by atoms with Crippen LogP contribution in [0.2, 0.25) is 0 Å². The summed E-state index contributed by atoms with van der Waals surface area (Å²) in [7, 11) is 0. The molecule has 0 aliphatic heterocycles. The van der Waals surface area contributed by atoms with E-state index in [-0.39, 0.29) is 38.6 Å². The van der Waals surface area contributed by atoms with Gasteiger partial charge in [-0.1, -0.05) is 0 Å². The summed E-state index contributed by atoms with van der Waals surface area (Å²) >= 11 is 0. The lowest BCUT2D eigenvalue weighted by Gasteiger charge is -2.19. The molecule has 0 spiro atoms. The number of hydrogen-bond acceptors (Lipinski definition) is 4. The topological polar surface area (TPSA) is 89.9 Å². The van der Waals surface area contributed by atoms with E-state index in [1.165, 1.54) is 29.2 Å². The molecule has 0 aliphatic carbocycles. The molecule has 3 N–H and O–H groups in total. The molecule has 1 aromatic carbocycles. The third kappa shape index (κ3) is 6.26. The maximum atomic E-state index is 12.7. The molecule has 0 saturated heterocycles. The number of carbonyl (C=O) groups excluding carboxylic acids is 1. The lowest BCUT2D eigenvalue weighted by Crippen LogP contribution is -2.36. The maximum Gasteiger partial charge on any atom is 0.304 e. The Morgan fingerprint density at radius 1 is 1.20 bits per heavy atom. The van der Waals surface area contributed by atoms with Crippen molar-refractivity contribution in [3.05, 3.63) is 30.1 Å². The van der Waals surface area contributed by atoms with Crippen LogP contribution >= 0.6 is 0 Å². The molecule has 0 atom stereocenters. The summed E-state index contributed by atoms with van der Waals surface area (Å²) in [5.74, 6) is -1.71. The number of aliphatic hydroxyl groups is 1. The molecule has 20 heavy (non-hydrogen) atoms. The number of nitrogens with zero attached hydrogens (tertiary/aromatic N) is 1. The van der Waals surface area contributed by atoms with E-state index in [1.54, 1.807) is 0 Å². The second kappa shape index (κ2) is 8.23. The molecule has 0 fully saturated rings. The van der Waals surface area contributed by atoms with Gasteiger partial charge in [0, 0.05) is 18.8 Å². The number of rotatable bonds is 8. The number of anilines is 1. The van der Waals surface area contributed by atoms with Gasteiger partial charge in [-0.2, -0.15) is 0 Å². The maximum absolute atomic E-state index is 12.7. The molecule has 0 unspecified atom stereocenters. The van der Waals surface area contributed by atoms with Crippen molar-refractivity contribution in [2.45, 2.75) is 6.42 Å². The Morgan fingerprint density at radius 3 is 2.40 bits per heavy atom. The van der Waals surface area contributed by atoms with Gasteiger partial charge >= 0.3 is 5.97 Å². The Morgan fingerprint density at radius 2 is 1.85 bits per heavy atom. The van der Waals surface area contributed by atoms with Crippen molar-refractivity contribution < 1.29 is 24.2 Å². The quantitative estimate of drug-likeness (QED) is 0.648. The molecule has 1 rings (SSSR count). The van der Waals surface area contributed by atoms with Crippen LogP contribution in [0.1, 0.15) is 6.42 Å². The normalized spacial score (nSPS) is 10.6. The number of aliphatic hydroxyl groups excluding tert-OH is 1. The van der Waals surface area contributed by atoms with Crippen molar-refractivity contribution in [1.82, 2.24) is 4.90 Å². The third-order valence-corrected chi connectivity index (χ3v) is 2.55. The first kappa shape index (κ1) is 16.1. The second-order valence-corrected chi connectivity index (χ2v) is 4.20. The summed E-state index contributed by atoms with van der Waals surface area (Å²) in [5.41, 5.74) is 0.457. The molecular weight excluding hydrogens is 267 g/mol. The highest BCUT2D eigenvalue weighted by molar-refractivity contribution is 5.92. The van der Waals surface area contributed by atoms with E-state index >= 15 is 0 Å². The standard InChI is InChI=1S/C13H17FN2O4/c14-10-1-3-11(4-2-10)15-12(18)9-16(7-8-17)6-5-13(19)20/h1-4,17H,5-9H2,(H,15,18)(H,19,20). The lowest BCUT2D eigenvalue weighted by atomic mass is 10.3. The van der Waals surface area contributed by atoms with Gasteiger partial charge in [0.2, 0.25) is 5.91 Å². The number of aliphatic carboxylic acids is 1. The summed E-state index contributed by atoms with van der Waals surface area (Å²) in [6, 6.07) is 5.32. The molecule has 0 saturated carbocycles. The van der Waals surface area contributed by atoms with Crippen molar-refractivity contribution in [3.63, 3.8) is 0 Å². The Hall–Kier alpha value is -1.99. The van der Waals surface area contributed by atoms with Crippen molar-refractivity contribution in [3.8, 4) is 0 Å². The van der Waals surface area contributed by atoms with Gasteiger partial charge in [0.1, 0.15) is 5.82 Å². The molecule has 1 aromatic rings. The van der Waals surface area contributed by atoms with Crippen LogP contribution in [0.5, 0.6) is 0 Å². The molecule has 0 aliphatic rings. The minimum atomic E-state index is -0.966. The van der Waals surface area contributed by atoms with Crippen molar-refractivity contribution in [2.75, 3.05) is 31.6 Å². The number of halogens is 1. The summed E-state index contributed by atoms with van der Waals surface area (Å²) in [4.78, 5) is 23.8. The van der Waals surface area contributed by atoms with Crippen LogP contribution < -0.4 is 5.32 Å². The average molecular weight is 284 g/mol. The fourth-order valence-corrected chi connectivity index (χ4v) is 1.60. The van der Waals surface area contributed by atoms with Gasteiger partial charge < -0.3 is 15.5 Å². The fraction of sp³-hybridized carbons (Fsp3) is 0.385. The summed E-state index contributed by atoms with van der Waals surface area (Å²) in [6.07, 6.45) is -0.107. The summed E-state index contributed by atoms with van der Waals surface area (Å²) in [5, 5.41) is 20.0. The van der Waals surface area contributed by atoms with Gasteiger partial charge in [-0.25, -0.2) is 4.39 Å². The first-order chi connectivity index (χ1) is 9.51. The highest BCUT2D eigenvalue weighted by atomic mass is 19.1. The first-order valence-electron chi connectivity index (χ1n) is 6.11. The van der Waals surface area contributed by atoms with Gasteiger partial charge in [0.15, 0.2) is 0 Å². The monoisotopic (exact) mass is 284 g/mol. The number of amides is 1. The van der Waals surface area contributed by atoms with Crippen LogP contribution in [0.15, 0.2) is 24.3 Å². The van der Waals surface area contributed by atoms with Gasteiger partial charge in [-0.05, 0) is 24.3 Å². The highest BCUT2D eigenvalue weighted by Crippen LogP contribution is 2.08. The van der Waals surface area contributed by atoms with Crippen LogP contribution in [0, 0.1) is 5.82 Å². The van der Waals surface area contributed by atoms with E-state index in [9.17, 15) is 14.0 Å². The predicted molar refractivity (Wildman–Crippen MR) is 70.8 cm³/mol. The van der Waals surface area contributed by atoms with Crippen LogP contribution in [0.25, 0.3) is 0 Å².